The average Bonchev–Trinajstić information content (AvgIpc) is 2.91. The Morgan fingerprint density at radius 3 is 2.75 bits per heavy atom. The van der Waals surface area contributed by atoms with Crippen molar-refractivity contribution < 1.29 is 32.5 Å². The van der Waals surface area contributed by atoms with Gasteiger partial charge < -0.3 is 21.0 Å². The van der Waals surface area contributed by atoms with Gasteiger partial charge in [0.25, 0.3) is 11.8 Å². The number of rotatable bonds is 6. The lowest BCUT2D eigenvalue weighted by Gasteiger charge is -2.43. The Hall–Kier alpha value is -2.29. The van der Waals surface area contributed by atoms with E-state index in [0.717, 1.165) is 11.3 Å². The molecule has 0 aromatic carbocycles. The second-order valence-electron chi connectivity index (χ2n) is 4.51. The number of nitrogens with one attached hydrogen (secondary N) is 1. The molecule has 1 aliphatic heterocycles. The van der Waals surface area contributed by atoms with Gasteiger partial charge in [-0.25, -0.2) is 9.29 Å². The van der Waals surface area contributed by atoms with E-state index in [1.165, 1.54) is 12.5 Å². The van der Waals surface area contributed by atoms with Crippen molar-refractivity contribution in [1.29, 1.82) is 0 Å². The standard InChI is InChI=1S/C10H13N5O7S2/c1-22-14-6(4-3-23-10(11)12-4)8(17)13-7-5(2-16)15(9(7)18)24(19,20)21/h3,5,7,16H,2H2,1H3,(H2,11,12)(H,13,17)(H,19,20,21)/b14-6-/t5-,7+/m0/s1. The molecule has 12 nitrogen and oxygen atoms in total. The van der Waals surface area contributed by atoms with Crippen LogP contribution in [0.1, 0.15) is 5.69 Å². The van der Waals surface area contributed by atoms with E-state index in [2.05, 4.69) is 20.3 Å². The Morgan fingerprint density at radius 1 is 1.62 bits per heavy atom. The van der Waals surface area contributed by atoms with Gasteiger partial charge in [-0.15, -0.1) is 11.3 Å². The van der Waals surface area contributed by atoms with Crippen LogP contribution in [0, 0.1) is 0 Å². The molecule has 0 bridgehead atoms. The first kappa shape index (κ1) is 18.1. The number of nitrogens with zero attached hydrogens (tertiary/aromatic N) is 3. The number of amides is 2. The minimum absolute atomic E-state index is 0.0753. The van der Waals surface area contributed by atoms with Crippen LogP contribution in [-0.2, 0) is 24.7 Å². The SMILES string of the molecule is CO/N=C(\C(=O)N[C@H]1C(=O)N(S(=O)(=O)O)[C@H]1CO)c1csc(N)n1. The van der Waals surface area contributed by atoms with E-state index in [9.17, 15) is 23.1 Å². The molecule has 2 amide bonds. The van der Waals surface area contributed by atoms with Crippen LogP contribution >= 0.6 is 11.3 Å². The summed E-state index contributed by atoms with van der Waals surface area (Å²) in [5.74, 6) is -1.99. The predicted octanol–water partition coefficient (Wildman–Crippen LogP) is -2.43. The van der Waals surface area contributed by atoms with E-state index in [-0.39, 0.29) is 20.8 Å². The highest BCUT2D eigenvalue weighted by Crippen LogP contribution is 2.23. The monoisotopic (exact) mass is 379 g/mol. The molecule has 1 saturated heterocycles. The zero-order valence-electron chi connectivity index (χ0n) is 12.1. The summed E-state index contributed by atoms with van der Waals surface area (Å²) in [4.78, 5) is 32.4. The first-order valence-electron chi connectivity index (χ1n) is 6.25. The molecular weight excluding hydrogens is 366 g/mol. The van der Waals surface area contributed by atoms with Gasteiger partial charge >= 0.3 is 10.3 Å². The quantitative estimate of drug-likeness (QED) is 0.180. The summed E-state index contributed by atoms with van der Waals surface area (Å²) in [6.07, 6.45) is 0. The normalized spacial score (nSPS) is 21.4. The number of β-lactam (4-membered cyclic amide) rings is 1. The molecule has 1 aromatic heterocycles. The summed E-state index contributed by atoms with van der Waals surface area (Å²) in [5.41, 5.74) is 5.28. The molecule has 1 aromatic rings. The molecule has 0 radical (unpaired) electrons. The summed E-state index contributed by atoms with van der Waals surface area (Å²) in [5, 5.41) is 16.5. The highest BCUT2D eigenvalue weighted by atomic mass is 32.2. The van der Waals surface area contributed by atoms with Gasteiger partial charge in [0.15, 0.2) is 10.8 Å². The highest BCUT2D eigenvalue weighted by Gasteiger charge is 2.53. The molecular formula is C10H13N5O7S2. The number of aliphatic hydroxyl groups excluding tert-OH is 1. The molecule has 0 saturated carbocycles. The number of aliphatic hydroxyl groups is 1. The minimum Gasteiger partial charge on any atom is -0.398 e. The minimum atomic E-state index is -4.83. The van der Waals surface area contributed by atoms with Crippen LogP contribution in [0.15, 0.2) is 10.5 Å². The average molecular weight is 379 g/mol. The van der Waals surface area contributed by atoms with E-state index in [1.807, 2.05) is 0 Å². The third-order valence-electron chi connectivity index (χ3n) is 3.05. The first-order valence-corrected chi connectivity index (χ1v) is 8.53. The van der Waals surface area contributed by atoms with Crippen LogP contribution in [0.5, 0.6) is 0 Å². The molecule has 2 rings (SSSR count). The Morgan fingerprint density at radius 2 is 2.29 bits per heavy atom. The zero-order valence-corrected chi connectivity index (χ0v) is 13.7. The van der Waals surface area contributed by atoms with Crippen LogP contribution in [-0.4, -0.2) is 70.7 Å². The summed E-state index contributed by atoms with van der Waals surface area (Å²) >= 11 is 1.05. The van der Waals surface area contributed by atoms with E-state index >= 15 is 0 Å². The van der Waals surface area contributed by atoms with Crippen LogP contribution in [0.4, 0.5) is 5.13 Å². The van der Waals surface area contributed by atoms with Gasteiger partial charge in [0.05, 0.1) is 6.61 Å². The lowest BCUT2D eigenvalue weighted by Crippen LogP contribution is -2.73. The number of nitrogens with two attached hydrogens (primary N) is 1. The van der Waals surface area contributed by atoms with Crippen molar-refractivity contribution in [3.63, 3.8) is 0 Å². The summed E-state index contributed by atoms with van der Waals surface area (Å²) in [7, 11) is -3.65. The second kappa shape index (κ2) is 6.68. The maximum absolute atomic E-state index is 12.2. The number of hydrogen-bond acceptors (Lipinski definition) is 10. The Labute approximate surface area is 139 Å². The molecule has 5 N–H and O–H groups in total. The number of carbonyl (C=O) groups is 2. The molecule has 14 heteroatoms. The molecule has 132 valence electrons. The van der Waals surface area contributed by atoms with E-state index in [1.54, 1.807) is 0 Å². The summed E-state index contributed by atoms with van der Waals surface area (Å²) in [6.45, 7) is -0.795. The van der Waals surface area contributed by atoms with Crippen LogP contribution in [0.2, 0.25) is 0 Å². The predicted molar refractivity (Wildman–Crippen MR) is 81.3 cm³/mol. The lowest BCUT2D eigenvalue weighted by atomic mass is 9.99. The molecule has 2 atom stereocenters. The lowest BCUT2D eigenvalue weighted by molar-refractivity contribution is -0.146. The van der Waals surface area contributed by atoms with Crippen molar-refractivity contribution in [2.24, 2.45) is 5.16 Å². The fourth-order valence-electron chi connectivity index (χ4n) is 2.04. The molecule has 0 aliphatic carbocycles. The van der Waals surface area contributed by atoms with Crippen molar-refractivity contribution in [1.82, 2.24) is 14.6 Å². The van der Waals surface area contributed by atoms with Gasteiger partial charge in [-0.2, -0.15) is 8.42 Å². The van der Waals surface area contributed by atoms with Crippen molar-refractivity contribution in [3.05, 3.63) is 11.1 Å². The fourth-order valence-corrected chi connectivity index (χ4v) is 3.46. The van der Waals surface area contributed by atoms with Gasteiger partial charge in [0.1, 0.15) is 24.9 Å². The Balaban J connectivity index is 2.19. The zero-order chi connectivity index (χ0) is 18.1. The van der Waals surface area contributed by atoms with Gasteiger partial charge in [-0.1, -0.05) is 5.16 Å². The number of thiazole rings is 1. The maximum atomic E-state index is 12.2. The molecule has 2 heterocycles. The fraction of sp³-hybridized carbons (Fsp3) is 0.400. The number of anilines is 1. The third-order valence-corrected chi connectivity index (χ3v) is 4.68. The Bertz CT molecular complexity index is 789. The third kappa shape index (κ3) is 3.30. The van der Waals surface area contributed by atoms with Crippen molar-refractivity contribution >= 4 is 44.3 Å². The molecule has 1 aliphatic rings. The number of carbonyl (C=O) groups excluding carboxylic acids is 2. The van der Waals surface area contributed by atoms with Gasteiger partial charge in [0, 0.05) is 5.38 Å². The van der Waals surface area contributed by atoms with E-state index < -0.39 is 40.8 Å². The van der Waals surface area contributed by atoms with Crippen molar-refractivity contribution in [2.75, 3.05) is 19.5 Å². The first-order chi connectivity index (χ1) is 11.2. The largest absolute Gasteiger partial charge is 0.398 e. The number of aromatic nitrogens is 1. The Kier molecular flexibility index (Phi) is 5.02. The van der Waals surface area contributed by atoms with Crippen LogP contribution < -0.4 is 11.1 Å². The number of nitrogen functional groups attached to an aromatic ring is 1. The summed E-state index contributed by atoms with van der Waals surface area (Å²) in [6, 6.07) is -2.69. The molecule has 24 heavy (non-hydrogen) atoms. The maximum Gasteiger partial charge on any atom is 0.362 e. The van der Waals surface area contributed by atoms with Gasteiger partial charge in [-0.05, 0) is 0 Å². The summed E-state index contributed by atoms with van der Waals surface area (Å²) < 4.78 is 31.1. The smallest absolute Gasteiger partial charge is 0.362 e. The molecule has 0 spiro atoms. The van der Waals surface area contributed by atoms with E-state index in [4.69, 9.17) is 10.3 Å². The van der Waals surface area contributed by atoms with Crippen molar-refractivity contribution in [3.8, 4) is 0 Å². The van der Waals surface area contributed by atoms with Crippen LogP contribution in [0.25, 0.3) is 0 Å². The number of oxime groups is 1. The van der Waals surface area contributed by atoms with E-state index in [0.29, 0.717) is 0 Å². The second-order valence-corrected chi connectivity index (χ2v) is 6.69. The topological polar surface area (TPSA) is 185 Å². The van der Waals surface area contributed by atoms with Crippen LogP contribution in [0.3, 0.4) is 0 Å². The van der Waals surface area contributed by atoms with Crippen molar-refractivity contribution in [2.45, 2.75) is 12.1 Å². The van der Waals surface area contributed by atoms with Gasteiger partial charge in [0.2, 0.25) is 0 Å². The molecule has 0 unspecified atom stereocenters. The number of hydrogen-bond donors (Lipinski definition) is 4. The van der Waals surface area contributed by atoms with Gasteiger partial charge in [-0.3, -0.25) is 14.1 Å². The highest BCUT2D eigenvalue weighted by molar-refractivity contribution is 7.84. The molecule has 1 fully saturated rings.